The molecule has 0 aliphatic carbocycles. The van der Waals surface area contributed by atoms with Crippen LogP contribution in [-0.4, -0.2) is 6.67 Å². The summed E-state index contributed by atoms with van der Waals surface area (Å²) in [6, 6.07) is 0. The molecule has 0 radical (unpaired) electrons. The van der Waals surface area contributed by atoms with Crippen LogP contribution in [0.25, 0.3) is 0 Å². The molecule has 0 aromatic heterocycles. The lowest BCUT2D eigenvalue weighted by Crippen LogP contribution is -1.85. The molecule has 1 heteroatoms. The second-order valence-electron chi connectivity index (χ2n) is 3.16. The third-order valence-electron chi connectivity index (χ3n) is 1.93. The molecule has 0 aliphatic heterocycles. The summed E-state index contributed by atoms with van der Waals surface area (Å²) in [5.41, 5.74) is 3.12. The summed E-state index contributed by atoms with van der Waals surface area (Å²) in [7, 11) is 0. The van der Waals surface area contributed by atoms with E-state index in [1.54, 1.807) is 0 Å². The van der Waals surface area contributed by atoms with Crippen molar-refractivity contribution in [1.29, 1.82) is 0 Å². The van der Waals surface area contributed by atoms with Crippen LogP contribution < -0.4 is 0 Å². The Hall–Kier alpha value is -1.29. The average Bonchev–Trinajstić information content (AvgIpc) is 2.41. The Bertz CT molecular complexity index is 264. The number of hydrogen-bond acceptors (Lipinski definition) is 0. The van der Waals surface area contributed by atoms with Gasteiger partial charge in [0, 0.05) is 0 Å². The van der Waals surface area contributed by atoms with Gasteiger partial charge in [0.2, 0.25) is 0 Å². The highest BCUT2D eigenvalue weighted by atomic mass is 19.1. The van der Waals surface area contributed by atoms with E-state index in [9.17, 15) is 4.39 Å². The molecule has 0 aromatic rings. The first kappa shape index (κ1) is 21.0. The summed E-state index contributed by atoms with van der Waals surface area (Å²) in [6.07, 6.45) is 15.1. The van der Waals surface area contributed by atoms with E-state index in [4.69, 9.17) is 0 Å². The van der Waals surface area contributed by atoms with Crippen LogP contribution >= 0.6 is 0 Å². The van der Waals surface area contributed by atoms with Gasteiger partial charge in [0.25, 0.3) is 0 Å². The van der Waals surface area contributed by atoms with E-state index in [1.165, 1.54) is 5.57 Å². The van der Waals surface area contributed by atoms with Crippen LogP contribution in [0.5, 0.6) is 0 Å². The molecule has 0 aromatic carbocycles. The van der Waals surface area contributed by atoms with Crippen LogP contribution in [0.3, 0.4) is 0 Å². The highest BCUT2D eigenvalue weighted by Crippen LogP contribution is 2.14. The van der Waals surface area contributed by atoms with Gasteiger partial charge in [-0.3, -0.25) is 0 Å². The first-order valence-corrected chi connectivity index (χ1v) is 6.05. The van der Waals surface area contributed by atoms with Gasteiger partial charge in [-0.25, -0.2) is 4.39 Å². The van der Waals surface area contributed by atoms with Crippen LogP contribution in [-0.2, 0) is 0 Å². The van der Waals surface area contributed by atoms with Crippen LogP contribution in [0.4, 0.5) is 4.39 Å². The molecule has 0 saturated carbocycles. The molecular weight excluding hydrogens is 211 g/mol. The van der Waals surface area contributed by atoms with E-state index in [-0.39, 0.29) is 6.67 Å². The van der Waals surface area contributed by atoms with Gasteiger partial charge in [-0.1, -0.05) is 39.0 Å². The molecule has 0 aliphatic rings. The van der Waals surface area contributed by atoms with Crippen molar-refractivity contribution in [2.24, 2.45) is 0 Å². The van der Waals surface area contributed by atoms with Gasteiger partial charge in [-0.05, 0) is 43.9 Å². The third-order valence-corrected chi connectivity index (χ3v) is 1.93. The molecule has 0 nitrogen and oxygen atoms in total. The van der Waals surface area contributed by atoms with Crippen LogP contribution in [0, 0.1) is 12.8 Å². The molecule has 0 amide bonds. The minimum absolute atomic E-state index is 0.363. The van der Waals surface area contributed by atoms with Crippen molar-refractivity contribution in [2.45, 2.75) is 48.0 Å². The maximum atomic E-state index is 12.2. The van der Waals surface area contributed by atoms with E-state index in [2.05, 4.69) is 25.8 Å². The Morgan fingerprint density at radius 1 is 1.18 bits per heavy atom. The summed E-state index contributed by atoms with van der Waals surface area (Å²) < 4.78 is 12.2. The largest absolute Gasteiger partial charge is 0.246 e. The maximum Gasteiger partial charge on any atom is 0.111 e. The van der Waals surface area contributed by atoms with Gasteiger partial charge in [0.15, 0.2) is 0 Å². The first-order valence-electron chi connectivity index (χ1n) is 6.05. The molecule has 0 atom stereocenters. The smallest absolute Gasteiger partial charge is 0.111 e. The molecule has 0 unspecified atom stereocenters. The van der Waals surface area contributed by atoms with E-state index in [1.807, 2.05) is 46.8 Å². The van der Waals surface area contributed by atoms with Gasteiger partial charge in [-0.15, -0.1) is 12.8 Å². The molecule has 0 saturated heterocycles. The zero-order chi connectivity index (χ0) is 14.3. The lowest BCUT2D eigenvalue weighted by atomic mass is 10.0. The first-order chi connectivity index (χ1) is 8.15. The third kappa shape index (κ3) is 12.6. The Morgan fingerprint density at radius 3 is 1.94 bits per heavy atom. The highest BCUT2D eigenvalue weighted by Gasteiger charge is 1.95. The van der Waals surface area contributed by atoms with Crippen molar-refractivity contribution in [3.05, 3.63) is 34.9 Å². The van der Waals surface area contributed by atoms with Crippen LogP contribution in [0.2, 0.25) is 0 Å². The van der Waals surface area contributed by atoms with Crippen molar-refractivity contribution in [2.75, 3.05) is 6.67 Å². The monoisotopic (exact) mass is 238 g/mol. The lowest BCUT2D eigenvalue weighted by molar-refractivity contribution is 0.543. The minimum Gasteiger partial charge on any atom is -0.246 e. The zero-order valence-corrected chi connectivity index (χ0v) is 12.2. The highest BCUT2D eigenvalue weighted by molar-refractivity contribution is 5.39. The standard InChI is InChI=1S/C12H19F.C2H6.C2H2/c1-5-7-12(11(4)6-2)8-10(3)9-13;2*1-2/h6-8H,5,9H2,1-4H3;1-2H3;1-2H/b10-8-,11-6+,12-7+;;. The quantitative estimate of drug-likeness (QED) is 0.449. The zero-order valence-electron chi connectivity index (χ0n) is 12.2. The summed E-state index contributed by atoms with van der Waals surface area (Å²) in [4.78, 5) is 0. The normalized spacial score (nSPS) is 11.9. The van der Waals surface area contributed by atoms with E-state index in [0.29, 0.717) is 0 Å². The molecule has 0 rings (SSSR count). The molecule has 17 heavy (non-hydrogen) atoms. The van der Waals surface area contributed by atoms with Crippen molar-refractivity contribution < 1.29 is 4.39 Å². The second kappa shape index (κ2) is 17.1. The molecular formula is C16H27F. The molecule has 0 N–H and O–H groups in total. The van der Waals surface area contributed by atoms with E-state index >= 15 is 0 Å². The predicted octanol–water partition coefficient (Wildman–Crippen LogP) is 5.48. The number of rotatable bonds is 4. The minimum atomic E-state index is -0.363. The number of hydrogen-bond donors (Lipinski definition) is 0. The molecule has 0 bridgehead atoms. The fourth-order valence-corrected chi connectivity index (χ4v) is 1.02. The van der Waals surface area contributed by atoms with E-state index < -0.39 is 0 Å². The fourth-order valence-electron chi connectivity index (χ4n) is 1.02. The van der Waals surface area contributed by atoms with Gasteiger partial charge in [-0.2, -0.15) is 0 Å². The fraction of sp³-hybridized carbons (Fsp3) is 0.500. The van der Waals surface area contributed by atoms with Gasteiger partial charge >= 0.3 is 0 Å². The SMILES string of the molecule is C#C.C/C=C(C)/C(/C=C(/C)CF)=C/CC.CC. The number of alkyl halides is 1. The van der Waals surface area contributed by atoms with Gasteiger partial charge < -0.3 is 0 Å². The topological polar surface area (TPSA) is 0 Å². The Kier molecular flexibility index (Phi) is 21.2. The number of halogens is 1. The molecule has 0 fully saturated rings. The Morgan fingerprint density at radius 2 is 1.65 bits per heavy atom. The summed E-state index contributed by atoms with van der Waals surface area (Å²) in [6.45, 7) is 11.6. The molecule has 0 heterocycles. The van der Waals surface area contributed by atoms with Crippen LogP contribution in [0.1, 0.15) is 48.0 Å². The van der Waals surface area contributed by atoms with Crippen molar-refractivity contribution in [3.63, 3.8) is 0 Å². The summed E-state index contributed by atoms with van der Waals surface area (Å²) >= 11 is 0. The predicted molar refractivity (Wildman–Crippen MR) is 78.8 cm³/mol. The maximum absolute atomic E-state index is 12.2. The van der Waals surface area contributed by atoms with E-state index in [0.717, 1.165) is 17.6 Å². The number of allylic oxidation sites excluding steroid dienone is 6. The Balaban J connectivity index is -0.000000439. The molecule has 98 valence electrons. The lowest BCUT2D eigenvalue weighted by Gasteiger charge is -2.03. The van der Waals surface area contributed by atoms with Crippen molar-refractivity contribution in [3.8, 4) is 12.8 Å². The van der Waals surface area contributed by atoms with Crippen molar-refractivity contribution in [1.82, 2.24) is 0 Å². The second-order valence-corrected chi connectivity index (χ2v) is 3.16. The van der Waals surface area contributed by atoms with Gasteiger partial charge in [0.1, 0.15) is 6.67 Å². The Labute approximate surface area is 107 Å². The van der Waals surface area contributed by atoms with Gasteiger partial charge in [0.05, 0.1) is 0 Å². The molecule has 0 spiro atoms. The summed E-state index contributed by atoms with van der Waals surface area (Å²) in [5.74, 6) is 0. The number of terminal acetylenes is 1. The van der Waals surface area contributed by atoms with Crippen molar-refractivity contribution >= 4 is 0 Å². The van der Waals surface area contributed by atoms with Crippen LogP contribution in [0.15, 0.2) is 34.9 Å². The average molecular weight is 238 g/mol. The summed E-state index contributed by atoms with van der Waals surface area (Å²) in [5, 5.41) is 0.